The zero-order valence-corrected chi connectivity index (χ0v) is 11.4. The Morgan fingerprint density at radius 2 is 1.71 bits per heavy atom. The minimum Gasteiger partial charge on any atom is -0.306 e. The monoisotopic (exact) mass is 254 g/mol. The SMILES string of the molecule is CCOP(=O)(/C=C(\C)c1ccccc1)OCC. The molecule has 0 bridgehead atoms. The Kier molecular flexibility index (Phi) is 5.63. The normalized spacial score (nSPS) is 12.8. The summed E-state index contributed by atoms with van der Waals surface area (Å²) in [4.78, 5) is 0. The van der Waals surface area contributed by atoms with Crippen molar-refractivity contribution in [1.82, 2.24) is 0 Å². The summed E-state index contributed by atoms with van der Waals surface area (Å²) in [5.41, 5.74) is 1.92. The standard InChI is InChI=1S/C13H19O3P/c1-4-15-17(14,16-5-2)11-12(3)13-9-7-6-8-10-13/h6-11H,4-5H2,1-3H3/b12-11+. The molecule has 4 heteroatoms. The van der Waals surface area contributed by atoms with E-state index < -0.39 is 7.60 Å². The minimum atomic E-state index is -3.10. The van der Waals surface area contributed by atoms with Crippen LogP contribution in [0.4, 0.5) is 0 Å². The second kappa shape index (κ2) is 6.75. The molecule has 0 aliphatic heterocycles. The molecular formula is C13H19O3P. The van der Waals surface area contributed by atoms with Crippen LogP contribution >= 0.6 is 7.60 Å². The Morgan fingerprint density at radius 3 is 2.18 bits per heavy atom. The van der Waals surface area contributed by atoms with E-state index in [1.54, 1.807) is 19.7 Å². The third-order valence-corrected chi connectivity index (χ3v) is 4.14. The van der Waals surface area contributed by atoms with Crippen LogP contribution in [0.3, 0.4) is 0 Å². The lowest BCUT2D eigenvalue weighted by Gasteiger charge is -2.14. The highest BCUT2D eigenvalue weighted by Crippen LogP contribution is 2.51. The zero-order valence-electron chi connectivity index (χ0n) is 10.6. The van der Waals surface area contributed by atoms with Crippen molar-refractivity contribution in [3.05, 3.63) is 41.7 Å². The van der Waals surface area contributed by atoms with E-state index in [4.69, 9.17) is 9.05 Å². The predicted octanol–water partition coefficient (Wildman–Crippen LogP) is 4.31. The maximum atomic E-state index is 12.3. The molecule has 0 spiro atoms. The summed E-state index contributed by atoms with van der Waals surface area (Å²) in [7, 11) is -3.10. The van der Waals surface area contributed by atoms with Gasteiger partial charge in [-0.25, -0.2) is 0 Å². The topological polar surface area (TPSA) is 35.5 Å². The summed E-state index contributed by atoms with van der Waals surface area (Å²) in [6, 6.07) is 9.77. The van der Waals surface area contributed by atoms with E-state index >= 15 is 0 Å². The first-order chi connectivity index (χ1) is 8.11. The van der Waals surface area contributed by atoms with Gasteiger partial charge in [0.15, 0.2) is 0 Å². The number of hydrogen-bond acceptors (Lipinski definition) is 3. The Hall–Kier alpha value is -0.890. The van der Waals surface area contributed by atoms with Gasteiger partial charge in [-0.3, -0.25) is 4.57 Å². The van der Waals surface area contributed by atoms with E-state index in [0.29, 0.717) is 13.2 Å². The van der Waals surface area contributed by atoms with Crippen molar-refractivity contribution in [2.24, 2.45) is 0 Å². The number of hydrogen-bond donors (Lipinski definition) is 0. The molecule has 1 aromatic rings. The van der Waals surface area contributed by atoms with E-state index in [9.17, 15) is 4.57 Å². The van der Waals surface area contributed by atoms with Gasteiger partial charge in [0.2, 0.25) is 0 Å². The molecule has 0 unspecified atom stereocenters. The van der Waals surface area contributed by atoms with Crippen LogP contribution in [0.2, 0.25) is 0 Å². The average molecular weight is 254 g/mol. The molecule has 1 rings (SSSR count). The summed E-state index contributed by atoms with van der Waals surface area (Å²) in [6.07, 6.45) is 0. The fourth-order valence-electron chi connectivity index (χ4n) is 1.48. The van der Waals surface area contributed by atoms with Gasteiger partial charge in [-0.05, 0) is 31.9 Å². The van der Waals surface area contributed by atoms with Gasteiger partial charge in [-0.15, -0.1) is 0 Å². The molecule has 17 heavy (non-hydrogen) atoms. The van der Waals surface area contributed by atoms with Gasteiger partial charge in [-0.1, -0.05) is 30.3 Å². The van der Waals surface area contributed by atoms with Crippen molar-refractivity contribution in [3.8, 4) is 0 Å². The van der Waals surface area contributed by atoms with E-state index in [1.165, 1.54) is 0 Å². The van der Waals surface area contributed by atoms with E-state index in [1.807, 2.05) is 37.3 Å². The van der Waals surface area contributed by atoms with Crippen molar-refractivity contribution < 1.29 is 13.6 Å². The lowest BCUT2D eigenvalue weighted by molar-refractivity contribution is 0.229. The maximum Gasteiger partial charge on any atom is 0.354 e. The van der Waals surface area contributed by atoms with Gasteiger partial charge in [-0.2, -0.15) is 0 Å². The Morgan fingerprint density at radius 1 is 1.18 bits per heavy atom. The Bertz CT molecular complexity index is 402. The summed E-state index contributed by atoms with van der Waals surface area (Å²) >= 11 is 0. The highest BCUT2D eigenvalue weighted by Gasteiger charge is 2.20. The molecule has 0 radical (unpaired) electrons. The second-order valence-electron chi connectivity index (χ2n) is 3.55. The smallest absolute Gasteiger partial charge is 0.306 e. The van der Waals surface area contributed by atoms with Crippen LogP contribution in [-0.4, -0.2) is 13.2 Å². The molecule has 94 valence electrons. The number of rotatable bonds is 6. The third kappa shape index (κ3) is 4.47. The average Bonchev–Trinajstić information content (AvgIpc) is 2.30. The molecule has 0 fully saturated rings. The van der Waals surface area contributed by atoms with Crippen molar-refractivity contribution in [2.75, 3.05) is 13.2 Å². The molecule has 0 N–H and O–H groups in total. The zero-order chi connectivity index (χ0) is 12.7. The van der Waals surface area contributed by atoms with E-state index in [-0.39, 0.29) is 0 Å². The largest absolute Gasteiger partial charge is 0.354 e. The molecule has 0 amide bonds. The molecule has 1 aromatic carbocycles. The van der Waals surface area contributed by atoms with Crippen LogP contribution in [0.5, 0.6) is 0 Å². The van der Waals surface area contributed by atoms with Gasteiger partial charge in [0.1, 0.15) is 0 Å². The first kappa shape index (κ1) is 14.2. The molecule has 0 saturated heterocycles. The summed E-state index contributed by atoms with van der Waals surface area (Å²) in [6.45, 7) is 6.25. The predicted molar refractivity (Wildman–Crippen MR) is 71.0 cm³/mol. The van der Waals surface area contributed by atoms with Crippen LogP contribution in [0.25, 0.3) is 5.57 Å². The Labute approximate surface area is 103 Å². The molecule has 3 nitrogen and oxygen atoms in total. The van der Waals surface area contributed by atoms with Crippen LogP contribution < -0.4 is 0 Å². The fourth-order valence-corrected chi connectivity index (χ4v) is 3.05. The van der Waals surface area contributed by atoms with Gasteiger partial charge < -0.3 is 9.05 Å². The molecule has 0 saturated carbocycles. The van der Waals surface area contributed by atoms with Crippen molar-refractivity contribution >= 4 is 13.2 Å². The fraction of sp³-hybridized carbons (Fsp3) is 0.385. The van der Waals surface area contributed by atoms with Gasteiger partial charge in [0.05, 0.1) is 13.2 Å². The molecule has 0 aliphatic carbocycles. The lowest BCUT2D eigenvalue weighted by Crippen LogP contribution is -1.93. The van der Waals surface area contributed by atoms with Crippen molar-refractivity contribution in [3.63, 3.8) is 0 Å². The van der Waals surface area contributed by atoms with Gasteiger partial charge >= 0.3 is 7.60 Å². The molecule has 0 heterocycles. The van der Waals surface area contributed by atoms with Crippen LogP contribution in [0.1, 0.15) is 26.3 Å². The summed E-state index contributed by atoms with van der Waals surface area (Å²) < 4.78 is 22.7. The number of allylic oxidation sites excluding steroid dienone is 1. The third-order valence-electron chi connectivity index (χ3n) is 2.20. The lowest BCUT2D eigenvalue weighted by atomic mass is 10.1. The van der Waals surface area contributed by atoms with Crippen LogP contribution in [-0.2, 0) is 13.6 Å². The first-order valence-electron chi connectivity index (χ1n) is 5.75. The second-order valence-corrected chi connectivity index (χ2v) is 5.41. The van der Waals surface area contributed by atoms with Crippen LogP contribution in [0.15, 0.2) is 36.1 Å². The van der Waals surface area contributed by atoms with E-state index in [2.05, 4.69) is 0 Å². The quantitative estimate of drug-likeness (QED) is 0.709. The van der Waals surface area contributed by atoms with Crippen molar-refractivity contribution in [1.29, 1.82) is 0 Å². The molecule has 0 atom stereocenters. The van der Waals surface area contributed by atoms with Gasteiger partial charge in [0, 0.05) is 5.82 Å². The summed E-state index contributed by atoms with van der Waals surface area (Å²) in [5.74, 6) is 1.59. The summed E-state index contributed by atoms with van der Waals surface area (Å²) in [5, 5.41) is 0. The molecule has 0 aliphatic rings. The maximum absolute atomic E-state index is 12.3. The Balaban J connectivity index is 2.95. The highest BCUT2D eigenvalue weighted by molar-refractivity contribution is 7.57. The highest BCUT2D eigenvalue weighted by atomic mass is 31.2. The first-order valence-corrected chi connectivity index (χ1v) is 7.36. The molecule has 0 aromatic heterocycles. The van der Waals surface area contributed by atoms with E-state index in [0.717, 1.165) is 11.1 Å². The number of benzene rings is 1. The van der Waals surface area contributed by atoms with Crippen LogP contribution in [0, 0.1) is 0 Å². The van der Waals surface area contributed by atoms with Crippen molar-refractivity contribution in [2.45, 2.75) is 20.8 Å². The molecular weight excluding hydrogens is 235 g/mol. The van der Waals surface area contributed by atoms with Gasteiger partial charge in [0.25, 0.3) is 0 Å². The minimum absolute atomic E-state index is 0.371.